The van der Waals surface area contributed by atoms with Crippen molar-refractivity contribution in [2.75, 3.05) is 55.6 Å². The highest BCUT2D eigenvalue weighted by molar-refractivity contribution is 6.05. The minimum absolute atomic E-state index is 0.110. The minimum Gasteiger partial charge on any atom is -0.369 e. The largest absolute Gasteiger partial charge is 0.369 e. The predicted molar refractivity (Wildman–Crippen MR) is 152 cm³/mol. The number of nitrogens with zero attached hydrogens (tertiary/aromatic N) is 5. The van der Waals surface area contributed by atoms with Crippen LogP contribution in [0.15, 0.2) is 42.6 Å². The zero-order chi connectivity index (χ0) is 27.3. The first-order chi connectivity index (χ1) is 19.5. The number of fused-ring (bicyclic) bond motifs is 1. The minimum atomic E-state index is -0.566. The molecule has 1 saturated carbocycles. The van der Waals surface area contributed by atoms with Crippen molar-refractivity contribution < 1.29 is 14.4 Å². The van der Waals surface area contributed by atoms with Gasteiger partial charge in [-0.2, -0.15) is 0 Å². The van der Waals surface area contributed by atoms with Crippen molar-refractivity contribution in [3.8, 4) is 0 Å². The third-order valence-electron chi connectivity index (χ3n) is 10.0. The Morgan fingerprint density at radius 2 is 1.73 bits per heavy atom. The van der Waals surface area contributed by atoms with E-state index in [1.807, 2.05) is 24.4 Å². The van der Waals surface area contributed by atoms with Gasteiger partial charge in [0.25, 0.3) is 5.91 Å². The van der Waals surface area contributed by atoms with Crippen molar-refractivity contribution >= 4 is 29.2 Å². The molecule has 1 aromatic carbocycles. The maximum Gasteiger partial charge on any atom is 0.255 e. The summed E-state index contributed by atoms with van der Waals surface area (Å²) in [6.45, 7) is 7.99. The molecule has 1 spiro atoms. The molecule has 1 atom stereocenters. The van der Waals surface area contributed by atoms with E-state index < -0.39 is 6.04 Å². The lowest BCUT2D eigenvalue weighted by Crippen LogP contribution is -2.53. The van der Waals surface area contributed by atoms with Gasteiger partial charge in [0.15, 0.2) is 0 Å². The molecule has 1 aromatic heterocycles. The van der Waals surface area contributed by atoms with Crippen molar-refractivity contribution in [2.24, 2.45) is 11.3 Å². The highest BCUT2D eigenvalue weighted by atomic mass is 16.2. The van der Waals surface area contributed by atoms with Crippen LogP contribution in [0.5, 0.6) is 0 Å². The lowest BCUT2D eigenvalue weighted by molar-refractivity contribution is -0.136. The number of hydrogen-bond donors (Lipinski definition) is 1. The Hall–Kier alpha value is -3.46. The molecule has 0 bridgehead atoms. The number of anilines is 2. The second-order valence-electron chi connectivity index (χ2n) is 12.5. The van der Waals surface area contributed by atoms with E-state index in [0.717, 1.165) is 62.3 Å². The predicted octanol–water partition coefficient (Wildman–Crippen LogP) is 2.66. The number of rotatable bonds is 5. The summed E-state index contributed by atoms with van der Waals surface area (Å²) in [5, 5.41) is 2.38. The number of carbonyl (C=O) groups excluding carboxylic acids is 3. The summed E-state index contributed by atoms with van der Waals surface area (Å²) in [4.78, 5) is 50.6. The van der Waals surface area contributed by atoms with E-state index >= 15 is 0 Å². The van der Waals surface area contributed by atoms with Crippen LogP contribution in [0, 0.1) is 11.3 Å². The first kappa shape index (κ1) is 25.5. The molecule has 40 heavy (non-hydrogen) atoms. The van der Waals surface area contributed by atoms with Crippen molar-refractivity contribution in [1.29, 1.82) is 0 Å². The summed E-state index contributed by atoms with van der Waals surface area (Å²) in [6, 6.07) is 11.7. The SMILES string of the molecule is O=C1CCC(N2Cc3cc(N4CCN(CC5CC6(CCN(c7ccccn7)CC6)C5)CC4)ccc3C2=O)C(=O)N1. The van der Waals surface area contributed by atoms with Gasteiger partial charge in [0, 0.05) is 76.2 Å². The number of amides is 3. The first-order valence-electron chi connectivity index (χ1n) is 14.9. The van der Waals surface area contributed by atoms with E-state index in [-0.39, 0.29) is 24.1 Å². The molecular formula is C31H38N6O3. The van der Waals surface area contributed by atoms with Crippen LogP contribution in [0.25, 0.3) is 0 Å². The number of nitrogens with one attached hydrogen (secondary N) is 1. The van der Waals surface area contributed by atoms with E-state index in [1.165, 1.54) is 32.2 Å². The maximum atomic E-state index is 13.0. The van der Waals surface area contributed by atoms with Crippen LogP contribution >= 0.6 is 0 Å². The molecule has 9 heteroatoms. The third-order valence-corrected chi connectivity index (χ3v) is 10.0. The highest BCUT2D eigenvalue weighted by Crippen LogP contribution is 2.53. The molecule has 4 aliphatic heterocycles. The summed E-state index contributed by atoms with van der Waals surface area (Å²) in [5.41, 5.74) is 3.36. The van der Waals surface area contributed by atoms with Gasteiger partial charge < -0.3 is 14.7 Å². The average molecular weight is 543 g/mol. The molecule has 4 fully saturated rings. The van der Waals surface area contributed by atoms with Gasteiger partial charge >= 0.3 is 0 Å². The molecule has 3 saturated heterocycles. The Morgan fingerprint density at radius 1 is 0.925 bits per heavy atom. The van der Waals surface area contributed by atoms with Crippen LogP contribution in [0.1, 0.15) is 54.4 Å². The molecular weight excluding hydrogens is 504 g/mol. The number of hydrogen-bond acceptors (Lipinski definition) is 7. The van der Waals surface area contributed by atoms with Gasteiger partial charge in [-0.05, 0) is 79.3 Å². The normalized spacial score (nSPS) is 25.2. The number of carbonyl (C=O) groups is 3. The summed E-state index contributed by atoms with van der Waals surface area (Å²) >= 11 is 0. The molecule has 3 amide bonds. The van der Waals surface area contributed by atoms with Gasteiger partial charge in [0.05, 0.1) is 0 Å². The van der Waals surface area contributed by atoms with Gasteiger partial charge in [-0.3, -0.25) is 24.6 Å². The Bertz CT molecular complexity index is 1290. The third kappa shape index (κ3) is 4.74. The van der Waals surface area contributed by atoms with Crippen LogP contribution < -0.4 is 15.1 Å². The van der Waals surface area contributed by atoms with Gasteiger partial charge in [-0.15, -0.1) is 0 Å². The molecule has 5 heterocycles. The van der Waals surface area contributed by atoms with Crippen LogP contribution in [0.2, 0.25) is 0 Å². The maximum absolute atomic E-state index is 13.0. The van der Waals surface area contributed by atoms with Gasteiger partial charge in [-0.25, -0.2) is 4.98 Å². The Balaban J connectivity index is 0.885. The van der Waals surface area contributed by atoms with E-state index in [4.69, 9.17) is 0 Å². The Labute approximate surface area is 235 Å². The summed E-state index contributed by atoms with van der Waals surface area (Å²) < 4.78 is 0. The highest BCUT2D eigenvalue weighted by Gasteiger charge is 2.46. The van der Waals surface area contributed by atoms with Crippen LogP contribution in [-0.2, 0) is 16.1 Å². The second-order valence-corrected chi connectivity index (χ2v) is 12.5. The fourth-order valence-electron chi connectivity index (χ4n) is 7.76. The molecule has 1 unspecified atom stereocenters. The summed E-state index contributed by atoms with van der Waals surface area (Å²) in [6.07, 6.45) is 7.87. The van der Waals surface area contributed by atoms with Crippen molar-refractivity contribution in [3.05, 3.63) is 53.7 Å². The van der Waals surface area contributed by atoms with Crippen molar-refractivity contribution in [1.82, 2.24) is 20.1 Å². The van der Waals surface area contributed by atoms with Gasteiger partial charge in [-0.1, -0.05) is 6.07 Å². The molecule has 1 aliphatic carbocycles. The summed E-state index contributed by atoms with van der Waals surface area (Å²) in [5.74, 6) is 1.21. The van der Waals surface area contributed by atoms with E-state index in [0.29, 0.717) is 23.9 Å². The second kappa shape index (κ2) is 10.2. The Kier molecular flexibility index (Phi) is 6.49. The van der Waals surface area contributed by atoms with Crippen LogP contribution in [-0.4, -0.2) is 84.4 Å². The standard InChI is InChI=1S/C31H38N6O3/c38-28-7-6-26(29(39)33-28)37-21-23-17-24(4-5-25(23)30(37)40)35-15-13-34(14-16-35)20-22-18-31(19-22)8-11-36(12-9-31)27-3-1-2-10-32-27/h1-5,10,17,22,26H,6-9,11-16,18-21H2,(H,33,38,39). The molecule has 2 aromatic rings. The number of benzene rings is 1. The summed E-state index contributed by atoms with van der Waals surface area (Å²) in [7, 11) is 0. The number of piperazine rings is 1. The van der Waals surface area contributed by atoms with Crippen molar-refractivity contribution in [2.45, 2.75) is 51.1 Å². The molecule has 1 N–H and O–H groups in total. The molecule has 9 nitrogen and oxygen atoms in total. The van der Waals surface area contributed by atoms with E-state index in [1.54, 1.807) is 4.90 Å². The first-order valence-corrected chi connectivity index (χ1v) is 14.9. The molecule has 210 valence electrons. The topological polar surface area (TPSA) is 89.1 Å². The molecule has 5 aliphatic rings. The van der Waals surface area contributed by atoms with Crippen molar-refractivity contribution in [3.63, 3.8) is 0 Å². The van der Waals surface area contributed by atoms with E-state index in [2.05, 4.69) is 43.2 Å². The number of aromatic nitrogens is 1. The zero-order valence-corrected chi connectivity index (χ0v) is 23.1. The molecule has 7 rings (SSSR count). The van der Waals surface area contributed by atoms with Crippen LogP contribution in [0.3, 0.4) is 0 Å². The van der Waals surface area contributed by atoms with Gasteiger partial charge in [0.1, 0.15) is 11.9 Å². The lowest BCUT2D eigenvalue weighted by Gasteiger charge is -2.54. The zero-order valence-electron chi connectivity index (χ0n) is 23.1. The average Bonchev–Trinajstić information content (AvgIpc) is 3.28. The fourth-order valence-corrected chi connectivity index (χ4v) is 7.76. The monoisotopic (exact) mass is 542 g/mol. The Morgan fingerprint density at radius 3 is 2.45 bits per heavy atom. The number of imide groups is 1. The number of piperidine rings is 2. The van der Waals surface area contributed by atoms with Crippen LogP contribution in [0.4, 0.5) is 11.5 Å². The quantitative estimate of drug-likeness (QED) is 0.581. The van der Waals surface area contributed by atoms with E-state index in [9.17, 15) is 14.4 Å². The lowest BCUT2D eigenvalue weighted by atomic mass is 9.57. The molecule has 0 radical (unpaired) electrons. The smallest absolute Gasteiger partial charge is 0.255 e. The fraction of sp³-hybridized carbons (Fsp3) is 0.548. The van der Waals surface area contributed by atoms with Gasteiger partial charge in [0.2, 0.25) is 11.8 Å². The number of pyridine rings is 1.